The van der Waals surface area contributed by atoms with Crippen molar-refractivity contribution < 1.29 is 14.9 Å². The molecule has 0 bridgehead atoms. The summed E-state index contributed by atoms with van der Waals surface area (Å²) in [7, 11) is 1.44. The molecule has 2 N–H and O–H groups in total. The van der Waals surface area contributed by atoms with Crippen molar-refractivity contribution in [3.8, 4) is 11.5 Å². The molecule has 0 amide bonds. The number of aliphatic hydroxyl groups excluding tert-OH is 1. The molecule has 3 nitrogen and oxygen atoms in total. The molecule has 0 fully saturated rings. The number of hydrogen-bond donors (Lipinski definition) is 2. The van der Waals surface area contributed by atoms with Crippen molar-refractivity contribution in [3.05, 3.63) is 22.2 Å². The van der Waals surface area contributed by atoms with Crippen molar-refractivity contribution in [2.24, 2.45) is 0 Å². The van der Waals surface area contributed by atoms with E-state index in [0.717, 1.165) is 0 Å². The Kier molecular flexibility index (Phi) is 4.04. The summed E-state index contributed by atoms with van der Waals surface area (Å²) in [5, 5.41) is 18.9. The molecular formula is C9H10BrClO3. The molecule has 1 aromatic carbocycles. The zero-order valence-corrected chi connectivity index (χ0v) is 9.84. The normalized spacial score (nSPS) is 12.6. The minimum absolute atomic E-state index is 0.0184. The average Bonchev–Trinajstić information content (AvgIpc) is 2.17. The Balaban J connectivity index is 3.17. The standard InChI is InChI=1S/C9H10BrClO3/c1-14-9-2-5(8(13)4-11)6(10)3-7(9)12/h2-3,8,12-13H,4H2,1H3. The Hall–Kier alpha value is -0.450. The van der Waals surface area contributed by atoms with Gasteiger partial charge in [-0.15, -0.1) is 11.6 Å². The summed E-state index contributed by atoms with van der Waals surface area (Å²) in [6.45, 7) is 0. The van der Waals surface area contributed by atoms with E-state index in [1.807, 2.05) is 0 Å². The number of alkyl halides is 1. The van der Waals surface area contributed by atoms with Crippen molar-refractivity contribution in [1.29, 1.82) is 0 Å². The second-order valence-corrected chi connectivity index (χ2v) is 3.88. The molecule has 1 aromatic rings. The van der Waals surface area contributed by atoms with Crippen LogP contribution in [-0.2, 0) is 0 Å². The summed E-state index contributed by atoms with van der Waals surface area (Å²) in [5.41, 5.74) is 0.592. The van der Waals surface area contributed by atoms with Crippen LogP contribution in [0.25, 0.3) is 0 Å². The number of aromatic hydroxyl groups is 1. The maximum atomic E-state index is 9.52. The molecule has 0 aliphatic heterocycles. The summed E-state index contributed by atoms with van der Waals surface area (Å²) < 4.78 is 5.51. The van der Waals surface area contributed by atoms with Crippen LogP contribution < -0.4 is 4.74 Å². The second-order valence-electron chi connectivity index (χ2n) is 2.72. The van der Waals surface area contributed by atoms with Gasteiger partial charge in [-0.2, -0.15) is 0 Å². The minimum Gasteiger partial charge on any atom is -0.504 e. The highest BCUT2D eigenvalue weighted by molar-refractivity contribution is 9.10. The molecule has 1 atom stereocenters. The van der Waals surface area contributed by atoms with Crippen LogP contribution in [0.15, 0.2) is 16.6 Å². The molecule has 0 aliphatic carbocycles. The van der Waals surface area contributed by atoms with Gasteiger partial charge < -0.3 is 14.9 Å². The number of ether oxygens (including phenoxy) is 1. The van der Waals surface area contributed by atoms with E-state index < -0.39 is 6.10 Å². The third-order valence-electron chi connectivity index (χ3n) is 1.80. The van der Waals surface area contributed by atoms with Crippen molar-refractivity contribution in [1.82, 2.24) is 0 Å². The van der Waals surface area contributed by atoms with Gasteiger partial charge in [0.2, 0.25) is 0 Å². The molecule has 1 rings (SSSR count). The van der Waals surface area contributed by atoms with Crippen LogP contribution in [0.5, 0.6) is 11.5 Å². The van der Waals surface area contributed by atoms with Crippen LogP contribution >= 0.6 is 27.5 Å². The molecule has 0 heterocycles. The molecule has 5 heteroatoms. The summed E-state index contributed by atoms with van der Waals surface area (Å²) in [4.78, 5) is 0. The summed E-state index contributed by atoms with van der Waals surface area (Å²) in [6.07, 6.45) is -0.777. The first kappa shape index (κ1) is 11.6. The highest BCUT2D eigenvalue weighted by Crippen LogP contribution is 2.35. The van der Waals surface area contributed by atoms with Crippen LogP contribution in [0.3, 0.4) is 0 Å². The summed E-state index contributed by atoms with van der Waals surface area (Å²) >= 11 is 8.74. The lowest BCUT2D eigenvalue weighted by Crippen LogP contribution is -2.00. The second kappa shape index (κ2) is 4.87. The van der Waals surface area contributed by atoms with E-state index in [-0.39, 0.29) is 11.6 Å². The monoisotopic (exact) mass is 280 g/mol. The van der Waals surface area contributed by atoms with Crippen molar-refractivity contribution in [3.63, 3.8) is 0 Å². The average molecular weight is 282 g/mol. The molecule has 1 unspecified atom stereocenters. The topological polar surface area (TPSA) is 49.7 Å². The smallest absolute Gasteiger partial charge is 0.160 e. The van der Waals surface area contributed by atoms with Gasteiger partial charge in [0, 0.05) is 4.47 Å². The number of methoxy groups -OCH3 is 1. The Morgan fingerprint density at radius 2 is 2.21 bits per heavy atom. The maximum absolute atomic E-state index is 9.52. The Morgan fingerprint density at radius 3 is 2.71 bits per heavy atom. The van der Waals surface area contributed by atoms with Crippen LogP contribution in [-0.4, -0.2) is 23.2 Å². The first-order valence-electron chi connectivity index (χ1n) is 3.90. The molecule has 14 heavy (non-hydrogen) atoms. The number of hydrogen-bond acceptors (Lipinski definition) is 3. The van der Waals surface area contributed by atoms with Crippen molar-refractivity contribution in [2.75, 3.05) is 13.0 Å². The molecule has 78 valence electrons. The number of benzene rings is 1. The third kappa shape index (κ3) is 2.32. The fourth-order valence-corrected chi connectivity index (χ4v) is 1.82. The fourth-order valence-electron chi connectivity index (χ4n) is 1.06. The maximum Gasteiger partial charge on any atom is 0.160 e. The minimum atomic E-state index is -0.777. The van der Waals surface area contributed by atoms with Crippen molar-refractivity contribution in [2.45, 2.75) is 6.10 Å². The number of rotatable bonds is 3. The van der Waals surface area contributed by atoms with Gasteiger partial charge in [0.1, 0.15) is 0 Å². The molecule has 0 radical (unpaired) electrons. The van der Waals surface area contributed by atoms with Gasteiger partial charge in [-0.3, -0.25) is 0 Å². The van der Waals surface area contributed by atoms with Gasteiger partial charge >= 0.3 is 0 Å². The number of halogens is 2. The highest BCUT2D eigenvalue weighted by atomic mass is 79.9. The molecule has 0 aromatic heterocycles. The first-order valence-corrected chi connectivity index (χ1v) is 5.23. The van der Waals surface area contributed by atoms with Gasteiger partial charge in [-0.25, -0.2) is 0 Å². The van der Waals surface area contributed by atoms with E-state index in [0.29, 0.717) is 15.8 Å². The predicted octanol–water partition coefficient (Wildman–Crippen LogP) is 2.44. The zero-order chi connectivity index (χ0) is 10.7. The van der Waals surface area contributed by atoms with E-state index in [1.165, 1.54) is 13.2 Å². The van der Waals surface area contributed by atoms with Crippen LogP contribution in [0, 0.1) is 0 Å². The SMILES string of the molecule is COc1cc(C(O)CCl)c(Br)cc1O. The van der Waals surface area contributed by atoms with Gasteiger partial charge in [0.25, 0.3) is 0 Å². The lowest BCUT2D eigenvalue weighted by molar-refractivity contribution is 0.201. The van der Waals surface area contributed by atoms with Gasteiger partial charge in [0.15, 0.2) is 11.5 Å². The molecule has 0 saturated heterocycles. The van der Waals surface area contributed by atoms with Gasteiger partial charge in [-0.1, -0.05) is 15.9 Å². The first-order chi connectivity index (χ1) is 6.60. The Morgan fingerprint density at radius 1 is 1.57 bits per heavy atom. The lowest BCUT2D eigenvalue weighted by atomic mass is 10.1. The fraction of sp³-hybridized carbons (Fsp3) is 0.333. The lowest BCUT2D eigenvalue weighted by Gasteiger charge is -2.12. The van der Waals surface area contributed by atoms with Gasteiger partial charge in [-0.05, 0) is 17.7 Å². The quantitative estimate of drug-likeness (QED) is 0.837. The molecule has 0 saturated carbocycles. The van der Waals surface area contributed by atoms with Gasteiger partial charge in [0.05, 0.1) is 19.1 Å². The van der Waals surface area contributed by atoms with E-state index in [2.05, 4.69) is 15.9 Å². The van der Waals surface area contributed by atoms with E-state index >= 15 is 0 Å². The van der Waals surface area contributed by atoms with Crippen LogP contribution in [0.4, 0.5) is 0 Å². The number of aliphatic hydroxyl groups is 1. The van der Waals surface area contributed by atoms with E-state index in [9.17, 15) is 10.2 Å². The molecule has 0 aliphatic rings. The Labute approximate surface area is 95.4 Å². The summed E-state index contributed by atoms with van der Waals surface area (Å²) in [6, 6.07) is 3.01. The summed E-state index contributed by atoms with van der Waals surface area (Å²) in [5.74, 6) is 0.421. The zero-order valence-electron chi connectivity index (χ0n) is 7.50. The molecular weight excluding hydrogens is 271 g/mol. The van der Waals surface area contributed by atoms with E-state index in [1.54, 1.807) is 6.07 Å². The number of phenolic OH excluding ortho intramolecular Hbond substituents is 1. The predicted molar refractivity (Wildman–Crippen MR) is 58.0 cm³/mol. The number of phenols is 1. The third-order valence-corrected chi connectivity index (χ3v) is 2.78. The van der Waals surface area contributed by atoms with Crippen LogP contribution in [0.2, 0.25) is 0 Å². The largest absolute Gasteiger partial charge is 0.504 e. The van der Waals surface area contributed by atoms with E-state index in [4.69, 9.17) is 16.3 Å². The molecule has 0 spiro atoms. The highest BCUT2D eigenvalue weighted by Gasteiger charge is 2.14. The van der Waals surface area contributed by atoms with Crippen LogP contribution in [0.1, 0.15) is 11.7 Å². The van der Waals surface area contributed by atoms with Crippen molar-refractivity contribution >= 4 is 27.5 Å². The Bertz CT molecular complexity index is 330.